The second-order valence-corrected chi connectivity index (χ2v) is 14.4. The molecule has 0 radical (unpaired) electrons. The van der Waals surface area contributed by atoms with Gasteiger partial charge in [0, 0.05) is 71.6 Å². The summed E-state index contributed by atoms with van der Waals surface area (Å²) in [7, 11) is 0. The van der Waals surface area contributed by atoms with Gasteiger partial charge in [0.2, 0.25) is 11.8 Å². The van der Waals surface area contributed by atoms with Crippen LogP contribution in [0.5, 0.6) is 0 Å². The number of hydrogen-bond acceptors (Lipinski definition) is 9. The van der Waals surface area contributed by atoms with Gasteiger partial charge in [-0.1, -0.05) is 30.0 Å². The van der Waals surface area contributed by atoms with Gasteiger partial charge < -0.3 is 20.0 Å². The van der Waals surface area contributed by atoms with Crippen molar-refractivity contribution >= 4 is 40.9 Å². The van der Waals surface area contributed by atoms with Crippen LogP contribution in [0.25, 0.3) is 33.8 Å². The maximum Gasteiger partial charge on any atom is 0.269 e. The molecule has 1 unspecified atom stereocenters. The van der Waals surface area contributed by atoms with Crippen molar-refractivity contribution in [2.75, 3.05) is 11.9 Å². The van der Waals surface area contributed by atoms with E-state index >= 15 is 0 Å². The molecular weight excluding hydrogens is 777 g/mol. The number of nitrogens with zero attached hydrogens (tertiary/aromatic N) is 3. The molecule has 5 amide bonds. The highest BCUT2D eigenvalue weighted by Crippen LogP contribution is 2.32. The first kappa shape index (κ1) is 39.6. The van der Waals surface area contributed by atoms with E-state index in [1.54, 1.807) is 79.1 Å². The summed E-state index contributed by atoms with van der Waals surface area (Å²) in [4.78, 5) is 80.0. The molecule has 4 heterocycles. The Kier molecular flexibility index (Phi) is 11.3. The largest absolute Gasteiger partial charge is 0.463 e. The van der Waals surface area contributed by atoms with Crippen LogP contribution < -0.4 is 16.0 Å². The summed E-state index contributed by atoms with van der Waals surface area (Å²) in [5.41, 5.74) is 6.79. The van der Waals surface area contributed by atoms with Gasteiger partial charge in [-0.3, -0.25) is 39.4 Å². The molecule has 0 aliphatic carbocycles. The van der Waals surface area contributed by atoms with E-state index in [0.29, 0.717) is 70.0 Å². The molecule has 4 aromatic carbocycles. The number of nitrogens with one attached hydrogen (secondary N) is 3. The van der Waals surface area contributed by atoms with E-state index in [1.807, 2.05) is 30.3 Å². The van der Waals surface area contributed by atoms with E-state index in [4.69, 9.17) is 9.40 Å². The molecule has 8 rings (SSSR count). The van der Waals surface area contributed by atoms with E-state index in [9.17, 15) is 34.1 Å². The van der Waals surface area contributed by atoms with Crippen LogP contribution in [0.4, 0.5) is 11.4 Å². The summed E-state index contributed by atoms with van der Waals surface area (Å²) < 4.78 is 5.60. The van der Waals surface area contributed by atoms with Crippen LogP contribution in [-0.4, -0.2) is 56.9 Å². The molecule has 0 spiro atoms. The molecule has 1 fully saturated rings. The number of pyridine rings is 1. The van der Waals surface area contributed by atoms with Crippen LogP contribution in [0, 0.1) is 22.0 Å². The monoisotopic (exact) mass is 812 g/mol. The van der Waals surface area contributed by atoms with Gasteiger partial charge in [-0.25, -0.2) is 4.98 Å². The third-order valence-electron chi connectivity index (χ3n) is 10.4. The molecule has 1 atom stereocenters. The number of benzene rings is 4. The Morgan fingerprint density at radius 2 is 1.57 bits per heavy atom. The SMILES string of the molecule is O=C1CCC(N2Cc3c(C#CCCCNC(=O)c4ccc(NC(=O)c5ccc(-c6cc(-c7ccc([N+](=O)[O-])cc7)nc(-c7ccco7)c6)cc5)cc4)cccc3C2=O)C(=O)N1. The van der Waals surface area contributed by atoms with Crippen LogP contribution in [-0.2, 0) is 16.1 Å². The second-order valence-electron chi connectivity index (χ2n) is 14.4. The zero-order valence-corrected chi connectivity index (χ0v) is 32.5. The fraction of sp³-hybridized carbons (Fsp3) is 0.149. The van der Waals surface area contributed by atoms with E-state index in [0.717, 1.165) is 16.7 Å². The predicted molar refractivity (Wildman–Crippen MR) is 225 cm³/mol. The van der Waals surface area contributed by atoms with Gasteiger partial charge in [-0.05, 0) is 114 Å². The second kappa shape index (κ2) is 17.4. The summed E-state index contributed by atoms with van der Waals surface area (Å²) >= 11 is 0. The maximum atomic E-state index is 13.2. The Hall–Kier alpha value is -8.18. The first-order valence-electron chi connectivity index (χ1n) is 19.5. The normalized spacial score (nSPS) is 14.4. The van der Waals surface area contributed by atoms with Crippen LogP contribution in [0.3, 0.4) is 0 Å². The minimum absolute atomic E-state index is 0.0219. The molecule has 302 valence electrons. The lowest BCUT2D eigenvalue weighted by Crippen LogP contribution is -2.52. The van der Waals surface area contributed by atoms with E-state index in [2.05, 4.69) is 27.8 Å². The number of aromatic nitrogens is 1. The number of anilines is 1. The number of nitro benzene ring substituents is 1. The molecule has 6 aromatic rings. The Morgan fingerprint density at radius 3 is 2.30 bits per heavy atom. The minimum atomic E-state index is -0.694. The molecule has 2 aliphatic rings. The summed E-state index contributed by atoms with van der Waals surface area (Å²) in [5, 5.41) is 19.2. The molecule has 3 N–H and O–H groups in total. The summed E-state index contributed by atoms with van der Waals surface area (Å²) in [5.74, 6) is 5.17. The highest BCUT2D eigenvalue weighted by atomic mass is 16.6. The van der Waals surface area contributed by atoms with Gasteiger partial charge >= 0.3 is 0 Å². The lowest BCUT2D eigenvalue weighted by molar-refractivity contribution is -0.384. The molecule has 2 aliphatic heterocycles. The first-order chi connectivity index (χ1) is 29.6. The van der Waals surface area contributed by atoms with Crippen LogP contribution in [0.15, 0.2) is 126 Å². The maximum absolute atomic E-state index is 13.2. The van der Waals surface area contributed by atoms with Crippen molar-refractivity contribution in [3.05, 3.63) is 159 Å². The number of non-ortho nitro benzene ring substituents is 1. The standard InChI is InChI=1S/C47H36N6O8/c54-43-23-22-41(46(57)51-43)52-28-38-30(7-4-8-37(38)47(52)58)6-2-1-3-24-48-44(55)32-14-18-35(19-15-32)49-45(56)33-12-10-29(11-13-33)34-26-39(31-16-20-36(21-17-31)53(59)60)50-40(27-34)42-9-5-25-61-42/h4-5,7-21,25-27,41H,1,3,22-24,28H2,(H,48,55)(H,49,56)(H,51,54,57). The average Bonchev–Trinajstić information content (AvgIpc) is 3.94. The summed E-state index contributed by atoms with van der Waals surface area (Å²) in [6.07, 6.45) is 3.12. The molecule has 1 saturated heterocycles. The molecule has 2 aromatic heterocycles. The molecule has 61 heavy (non-hydrogen) atoms. The number of hydrogen-bond donors (Lipinski definition) is 3. The molecule has 14 nitrogen and oxygen atoms in total. The zero-order valence-electron chi connectivity index (χ0n) is 32.5. The molecule has 0 bridgehead atoms. The number of rotatable bonds is 11. The van der Waals surface area contributed by atoms with Gasteiger partial charge in [0.05, 0.1) is 16.9 Å². The van der Waals surface area contributed by atoms with Crippen molar-refractivity contribution in [1.29, 1.82) is 0 Å². The highest BCUT2D eigenvalue weighted by Gasteiger charge is 2.39. The number of imide groups is 1. The van der Waals surface area contributed by atoms with Crippen molar-refractivity contribution in [2.45, 2.75) is 38.3 Å². The fourth-order valence-electron chi connectivity index (χ4n) is 7.21. The Bertz CT molecular complexity index is 2750. The van der Waals surface area contributed by atoms with Crippen molar-refractivity contribution in [3.63, 3.8) is 0 Å². The average molecular weight is 813 g/mol. The zero-order chi connectivity index (χ0) is 42.5. The van der Waals surface area contributed by atoms with Crippen molar-refractivity contribution in [2.24, 2.45) is 0 Å². The summed E-state index contributed by atoms with van der Waals surface area (Å²) in [6.45, 7) is 0.634. The van der Waals surface area contributed by atoms with E-state index in [-0.39, 0.29) is 48.7 Å². The van der Waals surface area contributed by atoms with Crippen molar-refractivity contribution < 1.29 is 33.3 Å². The van der Waals surface area contributed by atoms with Gasteiger partial charge in [0.15, 0.2) is 5.76 Å². The van der Waals surface area contributed by atoms with Crippen LogP contribution in [0.1, 0.15) is 67.9 Å². The molecule has 0 saturated carbocycles. The van der Waals surface area contributed by atoms with E-state index < -0.39 is 16.9 Å². The number of piperidine rings is 1. The lowest BCUT2D eigenvalue weighted by Gasteiger charge is -2.29. The Balaban J connectivity index is 0.834. The number of carbonyl (C=O) groups is 5. The number of furan rings is 1. The smallest absolute Gasteiger partial charge is 0.269 e. The summed E-state index contributed by atoms with van der Waals surface area (Å²) in [6, 6.07) is 31.7. The fourth-order valence-corrected chi connectivity index (χ4v) is 7.21. The number of amides is 5. The Labute approximate surface area is 349 Å². The number of unbranched alkanes of at least 4 members (excludes halogenated alkanes) is 1. The van der Waals surface area contributed by atoms with Gasteiger partial charge in [0.1, 0.15) is 11.7 Å². The first-order valence-corrected chi connectivity index (χ1v) is 19.5. The number of nitro groups is 1. The molecular formula is C47H36N6O8. The highest BCUT2D eigenvalue weighted by molar-refractivity contribution is 6.06. The van der Waals surface area contributed by atoms with Gasteiger partial charge in [-0.2, -0.15) is 0 Å². The van der Waals surface area contributed by atoms with Crippen LogP contribution >= 0.6 is 0 Å². The number of fused-ring (bicyclic) bond motifs is 1. The minimum Gasteiger partial charge on any atom is -0.463 e. The molecule has 14 heteroatoms. The van der Waals surface area contributed by atoms with Crippen molar-refractivity contribution in [3.8, 4) is 45.7 Å². The number of carbonyl (C=O) groups excluding carboxylic acids is 5. The van der Waals surface area contributed by atoms with Crippen LogP contribution in [0.2, 0.25) is 0 Å². The topological polar surface area (TPSA) is 194 Å². The quantitative estimate of drug-likeness (QED) is 0.0400. The Morgan fingerprint density at radius 1 is 0.852 bits per heavy atom. The van der Waals surface area contributed by atoms with Gasteiger partial charge in [-0.15, -0.1) is 0 Å². The van der Waals surface area contributed by atoms with E-state index in [1.165, 1.54) is 17.0 Å². The lowest BCUT2D eigenvalue weighted by atomic mass is 10.00. The third kappa shape index (κ3) is 8.81. The van der Waals surface area contributed by atoms with Crippen molar-refractivity contribution in [1.82, 2.24) is 20.5 Å². The third-order valence-corrected chi connectivity index (χ3v) is 10.4. The van der Waals surface area contributed by atoms with Gasteiger partial charge in [0.25, 0.3) is 23.4 Å². The predicted octanol–water partition coefficient (Wildman–Crippen LogP) is 7.16.